The van der Waals surface area contributed by atoms with E-state index in [1.807, 2.05) is 39.0 Å². The molecule has 0 aromatic rings. The number of carbonyl (C=O) groups excluding carboxylic acids is 1. The van der Waals surface area contributed by atoms with Crippen molar-refractivity contribution in [1.82, 2.24) is 0 Å². The number of rotatable bonds is 7. The van der Waals surface area contributed by atoms with Gasteiger partial charge in [0.05, 0.1) is 6.61 Å². The Morgan fingerprint density at radius 2 is 2.07 bits per heavy atom. The lowest BCUT2D eigenvalue weighted by molar-refractivity contribution is -0.124. The normalized spacial score (nSPS) is 13.3. The summed E-state index contributed by atoms with van der Waals surface area (Å²) in [5.74, 6) is 0.527. The number of hydrogen-bond donors (Lipinski definition) is 0. The molecule has 0 unspecified atom stereocenters. The van der Waals surface area contributed by atoms with Gasteiger partial charge in [0.1, 0.15) is 5.76 Å². The molecule has 15 heavy (non-hydrogen) atoms. The summed E-state index contributed by atoms with van der Waals surface area (Å²) < 4.78 is 10.0. The van der Waals surface area contributed by atoms with Crippen molar-refractivity contribution in [2.45, 2.75) is 20.8 Å². The van der Waals surface area contributed by atoms with Crippen molar-refractivity contribution in [3.05, 3.63) is 35.6 Å². The summed E-state index contributed by atoms with van der Waals surface area (Å²) in [6.07, 6.45) is 7.38. The zero-order chi connectivity index (χ0) is 11.5. The van der Waals surface area contributed by atoms with Crippen LogP contribution in [0.4, 0.5) is 0 Å². The van der Waals surface area contributed by atoms with Crippen molar-refractivity contribution in [3.8, 4) is 0 Å². The maximum atomic E-state index is 10.3. The van der Waals surface area contributed by atoms with Crippen LogP contribution in [0.3, 0.4) is 0 Å². The average Bonchev–Trinajstić information content (AvgIpc) is 2.25. The SMILES string of the molecule is C\C=C/C(=C/C)C(=C\COCC)/OC=O. The quantitative estimate of drug-likeness (QED) is 0.280. The molecule has 84 valence electrons. The van der Waals surface area contributed by atoms with Gasteiger partial charge < -0.3 is 9.47 Å². The minimum Gasteiger partial charge on any atom is -0.428 e. The first-order valence-electron chi connectivity index (χ1n) is 4.97. The van der Waals surface area contributed by atoms with Crippen LogP contribution < -0.4 is 0 Å². The molecule has 0 radical (unpaired) electrons. The van der Waals surface area contributed by atoms with E-state index in [1.165, 1.54) is 0 Å². The number of carbonyl (C=O) groups is 1. The Hall–Kier alpha value is -1.35. The zero-order valence-corrected chi connectivity index (χ0v) is 9.53. The predicted octanol–water partition coefficient (Wildman–Crippen LogP) is 2.60. The van der Waals surface area contributed by atoms with E-state index in [2.05, 4.69) is 0 Å². The topological polar surface area (TPSA) is 35.5 Å². The van der Waals surface area contributed by atoms with Gasteiger partial charge in [0.2, 0.25) is 0 Å². The molecule has 0 saturated heterocycles. The molecular formula is C12H18O3. The molecule has 0 fully saturated rings. The van der Waals surface area contributed by atoms with Gasteiger partial charge in [-0.15, -0.1) is 0 Å². The Labute approximate surface area is 91.1 Å². The van der Waals surface area contributed by atoms with Crippen molar-refractivity contribution >= 4 is 6.47 Å². The highest BCUT2D eigenvalue weighted by Gasteiger charge is 2.01. The lowest BCUT2D eigenvalue weighted by Gasteiger charge is -2.05. The van der Waals surface area contributed by atoms with Crippen LogP contribution in [0.5, 0.6) is 0 Å². The molecule has 0 rings (SSSR count). The number of ether oxygens (including phenoxy) is 2. The van der Waals surface area contributed by atoms with E-state index in [0.717, 1.165) is 5.57 Å². The Bertz CT molecular complexity index is 262. The van der Waals surface area contributed by atoms with Gasteiger partial charge in [-0.1, -0.05) is 18.2 Å². The largest absolute Gasteiger partial charge is 0.428 e. The molecule has 0 aliphatic rings. The molecule has 0 aromatic carbocycles. The van der Waals surface area contributed by atoms with Crippen molar-refractivity contribution in [1.29, 1.82) is 0 Å². The first-order chi connectivity index (χ1) is 7.29. The van der Waals surface area contributed by atoms with Gasteiger partial charge in [-0.05, 0) is 26.8 Å². The predicted molar refractivity (Wildman–Crippen MR) is 60.3 cm³/mol. The zero-order valence-electron chi connectivity index (χ0n) is 9.53. The second-order valence-corrected chi connectivity index (χ2v) is 2.69. The molecule has 3 nitrogen and oxygen atoms in total. The van der Waals surface area contributed by atoms with Crippen LogP contribution in [0.25, 0.3) is 0 Å². The van der Waals surface area contributed by atoms with Crippen LogP contribution in [-0.4, -0.2) is 19.7 Å². The van der Waals surface area contributed by atoms with Crippen LogP contribution in [0.2, 0.25) is 0 Å². The summed E-state index contributed by atoms with van der Waals surface area (Å²) >= 11 is 0. The average molecular weight is 210 g/mol. The number of allylic oxidation sites excluding steroid dienone is 3. The maximum Gasteiger partial charge on any atom is 0.298 e. The third-order valence-electron chi connectivity index (χ3n) is 1.71. The van der Waals surface area contributed by atoms with Gasteiger partial charge in [-0.2, -0.15) is 0 Å². The Balaban J connectivity index is 4.61. The summed E-state index contributed by atoms with van der Waals surface area (Å²) in [7, 11) is 0. The third-order valence-corrected chi connectivity index (χ3v) is 1.71. The van der Waals surface area contributed by atoms with Gasteiger partial charge in [-0.25, -0.2) is 0 Å². The fourth-order valence-corrected chi connectivity index (χ4v) is 1.04. The summed E-state index contributed by atoms with van der Waals surface area (Å²) in [6, 6.07) is 0. The summed E-state index contributed by atoms with van der Waals surface area (Å²) in [4.78, 5) is 10.3. The van der Waals surface area contributed by atoms with Gasteiger partial charge in [0.25, 0.3) is 6.47 Å². The van der Waals surface area contributed by atoms with Crippen molar-refractivity contribution in [2.24, 2.45) is 0 Å². The van der Waals surface area contributed by atoms with Gasteiger partial charge in [0, 0.05) is 12.2 Å². The van der Waals surface area contributed by atoms with Gasteiger partial charge >= 0.3 is 0 Å². The molecule has 0 atom stereocenters. The van der Waals surface area contributed by atoms with E-state index in [9.17, 15) is 4.79 Å². The van der Waals surface area contributed by atoms with E-state index in [1.54, 1.807) is 6.08 Å². The van der Waals surface area contributed by atoms with E-state index in [-0.39, 0.29) is 0 Å². The number of hydrogen-bond acceptors (Lipinski definition) is 3. The minimum atomic E-state index is 0.421. The molecule has 3 heteroatoms. The highest BCUT2D eigenvalue weighted by Crippen LogP contribution is 2.12. The van der Waals surface area contributed by atoms with Crippen LogP contribution in [0.1, 0.15) is 20.8 Å². The minimum absolute atomic E-state index is 0.421. The second-order valence-electron chi connectivity index (χ2n) is 2.69. The van der Waals surface area contributed by atoms with Crippen LogP contribution >= 0.6 is 0 Å². The van der Waals surface area contributed by atoms with Crippen LogP contribution in [0, 0.1) is 0 Å². The molecular weight excluding hydrogens is 192 g/mol. The Morgan fingerprint density at radius 3 is 2.53 bits per heavy atom. The van der Waals surface area contributed by atoms with E-state index in [4.69, 9.17) is 9.47 Å². The maximum absolute atomic E-state index is 10.3. The molecule has 0 aliphatic carbocycles. The van der Waals surface area contributed by atoms with Gasteiger partial charge in [-0.3, -0.25) is 4.79 Å². The fraction of sp³-hybridized carbons (Fsp3) is 0.417. The Morgan fingerprint density at radius 1 is 1.33 bits per heavy atom. The molecule has 0 aromatic heterocycles. The smallest absolute Gasteiger partial charge is 0.298 e. The molecule has 0 amide bonds. The second kappa shape index (κ2) is 9.21. The monoisotopic (exact) mass is 210 g/mol. The van der Waals surface area contributed by atoms with Crippen LogP contribution in [0.15, 0.2) is 35.6 Å². The standard InChI is InChI=1S/C12H18O3/c1-4-7-11(5-2)12(15-10-13)8-9-14-6-3/h4-5,7-8,10H,6,9H2,1-3H3/b7-4-,11-5-,12-8+. The van der Waals surface area contributed by atoms with Crippen molar-refractivity contribution in [2.75, 3.05) is 13.2 Å². The summed E-state index contributed by atoms with van der Waals surface area (Å²) in [5, 5.41) is 0. The highest BCUT2D eigenvalue weighted by molar-refractivity contribution is 5.46. The first kappa shape index (κ1) is 13.7. The van der Waals surface area contributed by atoms with Crippen LogP contribution in [-0.2, 0) is 14.3 Å². The molecule has 0 heterocycles. The molecule has 0 spiro atoms. The molecule has 0 saturated carbocycles. The fourth-order valence-electron chi connectivity index (χ4n) is 1.04. The summed E-state index contributed by atoms with van der Waals surface area (Å²) in [6.45, 7) is 7.21. The van der Waals surface area contributed by atoms with E-state index >= 15 is 0 Å². The van der Waals surface area contributed by atoms with Crippen molar-refractivity contribution in [3.63, 3.8) is 0 Å². The lowest BCUT2D eigenvalue weighted by atomic mass is 10.2. The van der Waals surface area contributed by atoms with Crippen molar-refractivity contribution < 1.29 is 14.3 Å². The molecule has 0 aliphatic heterocycles. The lowest BCUT2D eigenvalue weighted by Crippen LogP contribution is -1.97. The first-order valence-corrected chi connectivity index (χ1v) is 4.97. The highest BCUT2D eigenvalue weighted by atomic mass is 16.5. The van der Waals surface area contributed by atoms with E-state index in [0.29, 0.717) is 25.4 Å². The molecule has 0 N–H and O–H groups in total. The Kier molecular flexibility index (Phi) is 8.39. The third kappa shape index (κ3) is 5.86. The van der Waals surface area contributed by atoms with E-state index < -0.39 is 0 Å². The summed E-state index contributed by atoms with van der Waals surface area (Å²) in [5.41, 5.74) is 0.865. The van der Waals surface area contributed by atoms with Gasteiger partial charge in [0.15, 0.2) is 0 Å². The molecule has 0 bridgehead atoms.